The fraction of sp³-hybridized carbons (Fsp3) is 0.0870. The number of imide groups is 1. The zero-order chi connectivity index (χ0) is 24.5. The normalized spacial score (nSPS) is 16.4. The number of benzene rings is 2. The molecule has 0 radical (unpaired) electrons. The van der Waals surface area contributed by atoms with E-state index in [9.17, 15) is 23.1 Å². The van der Waals surface area contributed by atoms with Gasteiger partial charge in [-0.15, -0.1) is 5.14 Å². The summed E-state index contributed by atoms with van der Waals surface area (Å²) in [6, 6.07) is 15.8. The summed E-state index contributed by atoms with van der Waals surface area (Å²) in [6.07, 6.45) is 3.19. The molecule has 1 saturated heterocycles. The number of nitrogens with zero attached hydrogens (tertiary/aromatic N) is 2. The molecule has 1 aliphatic rings. The fourth-order valence-electron chi connectivity index (χ4n) is 3.39. The maximum absolute atomic E-state index is 12.8. The van der Waals surface area contributed by atoms with Gasteiger partial charge in [0, 0.05) is 23.3 Å². The molecule has 1 fully saturated rings. The highest BCUT2D eigenvalue weighted by Crippen LogP contribution is 2.20. The highest BCUT2D eigenvalue weighted by atomic mass is 32.3. The third kappa shape index (κ3) is 4.96. The number of hydrogen-bond acceptors (Lipinski definition) is 5. The smallest absolute Gasteiger partial charge is 0.329 e. The summed E-state index contributed by atoms with van der Waals surface area (Å²) >= 11 is 0. The number of carbonyl (C=O) groups is 3. The fourth-order valence-corrected chi connectivity index (χ4v) is 3.90. The number of nitrogens with two attached hydrogens (primary N) is 1. The largest absolute Gasteiger partial charge is 0.593 e. The SMILES string of the molecule is Cc1ccc(NC(=O)CN2C(=O)N/C(=C\c3cccn3-c3ccc([S+](N)(=O)[O-])cc3)C2=O)cc1. The quantitative estimate of drug-likeness (QED) is 0.281. The lowest BCUT2D eigenvalue weighted by molar-refractivity contribution is -0.127. The highest BCUT2D eigenvalue weighted by molar-refractivity contribution is 7.95. The summed E-state index contributed by atoms with van der Waals surface area (Å²) < 4.78 is 24.6. The number of primary sulfonamides is 1. The van der Waals surface area contributed by atoms with Crippen LogP contribution in [0.4, 0.5) is 10.5 Å². The molecule has 174 valence electrons. The summed E-state index contributed by atoms with van der Waals surface area (Å²) in [5, 5.41) is 10.3. The van der Waals surface area contributed by atoms with Crippen molar-refractivity contribution in [2.75, 3.05) is 11.9 Å². The lowest BCUT2D eigenvalue weighted by Crippen LogP contribution is -2.38. The van der Waals surface area contributed by atoms with E-state index in [2.05, 4.69) is 10.6 Å². The number of sulfonamides is 1. The first-order chi connectivity index (χ1) is 16.1. The molecule has 1 unspecified atom stereocenters. The molecule has 2 heterocycles. The summed E-state index contributed by atoms with van der Waals surface area (Å²) in [7, 11) is -3.82. The number of aryl methyl sites for hydroxylation is 1. The zero-order valence-corrected chi connectivity index (χ0v) is 18.9. The van der Waals surface area contributed by atoms with Crippen LogP contribution < -0.4 is 15.8 Å². The van der Waals surface area contributed by atoms with Crippen molar-refractivity contribution < 1.29 is 23.1 Å². The number of rotatable bonds is 6. The molecule has 3 aromatic rings. The van der Waals surface area contributed by atoms with E-state index < -0.39 is 34.8 Å². The molecule has 4 amide bonds. The first kappa shape index (κ1) is 23.1. The van der Waals surface area contributed by atoms with Crippen molar-refractivity contribution in [1.29, 1.82) is 0 Å². The molecule has 0 saturated carbocycles. The number of carbonyl (C=O) groups excluding carboxylic acids is 3. The van der Waals surface area contributed by atoms with Crippen LogP contribution >= 0.6 is 0 Å². The average molecular weight is 480 g/mol. The predicted octanol–water partition coefficient (Wildman–Crippen LogP) is 2.18. The van der Waals surface area contributed by atoms with Gasteiger partial charge in [0.15, 0.2) is 15.3 Å². The molecule has 2 aromatic carbocycles. The topological polar surface area (TPSA) is 150 Å². The minimum absolute atomic E-state index is 0.00856. The number of amides is 4. The van der Waals surface area contributed by atoms with E-state index in [1.54, 1.807) is 47.2 Å². The van der Waals surface area contributed by atoms with Crippen molar-refractivity contribution in [1.82, 2.24) is 14.8 Å². The molecule has 34 heavy (non-hydrogen) atoms. The van der Waals surface area contributed by atoms with Crippen LogP contribution in [0.25, 0.3) is 11.8 Å². The van der Waals surface area contributed by atoms with Gasteiger partial charge in [0.1, 0.15) is 12.2 Å². The molecule has 1 aliphatic heterocycles. The maximum atomic E-state index is 12.8. The van der Waals surface area contributed by atoms with Crippen LogP contribution in [0.15, 0.2) is 77.5 Å². The molecule has 4 rings (SSSR count). The van der Waals surface area contributed by atoms with Gasteiger partial charge in [-0.05, 0) is 61.5 Å². The molecule has 0 bridgehead atoms. The highest BCUT2D eigenvalue weighted by Gasteiger charge is 2.35. The van der Waals surface area contributed by atoms with E-state index in [1.165, 1.54) is 18.2 Å². The molecule has 1 atom stereocenters. The van der Waals surface area contributed by atoms with E-state index in [4.69, 9.17) is 5.14 Å². The van der Waals surface area contributed by atoms with Gasteiger partial charge in [-0.25, -0.2) is 9.69 Å². The number of anilines is 1. The van der Waals surface area contributed by atoms with E-state index >= 15 is 0 Å². The van der Waals surface area contributed by atoms with Crippen molar-refractivity contribution in [3.63, 3.8) is 0 Å². The van der Waals surface area contributed by atoms with Crippen LogP contribution in [0.1, 0.15) is 11.3 Å². The Bertz CT molecular complexity index is 1340. The molecule has 4 N–H and O–H groups in total. The predicted molar refractivity (Wildman–Crippen MR) is 125 cm³/mol. The van der Waals surface area contributed by atoms with E-state index in [0.717, 1.165) is 10.5 Å². The molecular formula is C23H21N5O5S. The van der Waals surface area contributed by atoms with Crippen molar-refractivity contribution in [3.8, 4) is 5.69 Å². The molecule has 10 nitrogen and oxygen atoms in total. The van der Waals surface area contributed by atoms with Crippen LogP contribution in [0.5, 0.6) is 0 Å². The third-order valence-electron chi connectivity index (χ3n) is 5.12. The Morgan fingerprint density at radius 3 is 2.44 bits per heavy atom. The number of hydrogen-bond donors (Lipinski definition) is 3. The van der Waals surface area contributed by atoms with E-state index in [1.807, 2.05) is 19.1 Å². The zero-order valence-electron chi connectivity index (χ0n) is 18.1. The molecule has 1 aromatic heterocycles. The average Bonchev–Trinajstić information content (AvgIpc) is 3.35. The van der Waals surface area contributed by atoms with Gasteiger partial charge >= 0.3 is 6.03 Å². The second-order valence-electron chi connectivity index (χ2n) is 7.64. The van der Waals surface area contributed by atoms with Crippen molar-refractivity contribution in [2.45, 2.75) is 11.8 Å². The van der Waals surface area contributed by atoms with Crippen molar-refractivity contribution >= 4 is 40.0 Å². The lowest BCUT2D eigenvalue weighted by atomic mass is 10.2. The van der Waals surface area contributed by atoms with Crippen LogP contribution in [0.3, 0.4) is 0 Å². The first-order valence-electron chi connectivity index (χ1n) is 10.1. The van der Waals surface area contributed by atoms with Crippen molar-refractivity contribution in [2.24, 2.45) is 5.14 Å². The van der Waals surface area contributed by atoms with Crippen LogP contribution in [0, 0.1) is 6.92 Å². The summed E-state index contributed by atoms with van der Waals surface area (Å²) in [5.74, 6) is -1.15. The Morgan fingerprint density at radius 2 is 1.79 bits per heavy atom. The van der Waals surface area contributed by atoms with Crippen LogP contribution in [-0.2, 0) is 24.2 Å². The first-order valence-corrected chi connectivity index (χ1v) is 11.7. The van der Waals surface area contributed by atoms with Gasteiger partial charge < -0.3 is 19.8 Å². The third-order valence-corrected chi connectivity index (χ3v) is 6.04. The van der Waals surface area contributed by atoms with Gasteiger partial charge in [-0.2, -0.15) is 0 Å². The number of aromatic nitrogens is 1. The van der Waals surface area contributed by atoms with Gasteiger partial charge in [-0.1, -0.05) is 21.9 Å². The Labute approximate surface area is 196 Å². The van der Waals surface area contributed by atoms with Crippen molar-refractivity contribution in [3.05, 3.63) is 83.8 Å². The van der Waals surface area contributed by atoms with Gasteiger partial charge in [0.2, 0.25) is 5.91 Å². The Morgan fingerprint density at radius 1 is 1.12 bits per heavy atom. The molecular weight excluding hydrogens is 458 g/mol. The van der Waals surface area contributed by atoms with Crippen LogP contribution in [0.2, 0.25) is 0 Å². The Balaban J connectivity index is 1.50. The van der Waals surface area contributed by atoms with Gasteiger partial charge in [-0.3, -0.25) is 9.59 Å². The second kappa shape index (κ2) is 9.06. The number of nitrogens with one attached hydrogen (secondary N) is 2. The molecule has 0 spiro atoms. The van der Waals surface area contributed by atoms with Gasteiger partial charge in [0.25, 0.3) is 5.91 Å². The Kier molecular flexibility index (Phi) is 6.16. The second-order valence-corrected chi connectivity index (χ2v) is 9.20. The lowest BCUT2D eigenvalue weighted by Gasteiger charge is -2.12. The molecule has 0 aliphatic carbocycles. The summed E-state index contributed by atoms with van der Waals surface area (Å²) in [6.45, 7) is 1.48. The minimum atomic E-state index is -3.82. The summed E-state index contributed by atoms with van der Waals surface area (Å²) in [5.41, 5.74) is 2.78. The van der Waals surface area contributed by atoms with Crippen LogP contribution in [-0.4, -0.2) is 38.4 Å². The Hall–Kier alpha value is -4.06. The maximum Gasteiger partial charge on any atom is 0.329 e. The van der Waals surface area contributed by atoms with Gasteiger partial charge in [0.05, 0.1) is 0 Å². The minimum Gasteiger partial charge on any atom is -0.593 e. The van der Waals surface area contributed by atoms with E-state index in [0.29, 0.717) is 17.1 Å². The van der Waals surface area contributed by atoms with E-state index in [-0.39, 0.29) is 10.6 Å². The monoisotopic (exact) mass is 479 g/mol. The number of urea groups is 1. The molecule has 11 heteroatoms. The summed E-state index contributed by atoms with van der Waals surface area (Å²) in [4.78, 5) is 38.3. The standard InChI is InChI=1S/C23H21N5O5S/c1-15-4-6-16(7-5-15)25-21(29)14-28-22(30)20(26-23(28)31)13-18-3-2-12-27(18)17-8-10-19(11-9-17)34(24,32)33/h2-13H,14H2,1H3,(H4-,24,25,26,29,31,32,33)/b20-13-.